The molecule has 0 bridgehead atoms. The molecule has 0 radical (unpaired) electrons. The normalized spacial score (nSPS) is 13.9. The van der Waals surface area contributed by atoms with Gasteiger partial charge in [-0.3, -0.25) is 4.79 Å². The number of carbonyl (C=O) groups excluding carboxylic acids is 1. The van der Waals surface area contributed by atoms with E-state index in [1.54, 1.807) is 17.3 Å². The number of hydrogen-bond donors (Lipinski definition) is 1. The van der Waals surface area contributed by atoms with E-state index in [0.717, 1.165) is 28.8 Å². The van der Waals surface area contributed by atoms with Crippen molar-refractivity contribution in [3.63, 3.8) is 0 Å². The third-order valence-corrected chi connectivity index (χ3v) is 7.71. The first-order valence-corrected chi connectivity index (χ1v) is 12.5. The largest absolute Gasteiger partial charge is 0.426 e. The average Bonchev–Trinajstić information content (AvgIpc) is 3.21. The molecule has 36 heavy (non-hydrogen) atoms. The molecule has 10 heteroatoms. The zero-order chi connectivity index (χ0) is 26.9. The molecule has 1 unspecified atom stereocenters. The van der Waals surface area contributed by atoms with Crippen LogP contribution in [0, 0.1) is 13.8 Å². The Labute approximate surface area is 213 Å². The molecule has 0 saturated heterocycles. The Hall–Kier alpha value is -2.85. The van der Waals surface area contributed by atoms with E-state index in [0.29, 0.717) is 17.9 Å². The lowest BCUT2D eigenvalue weighted by Crippen LogP contribution is -2.48. The summed E-state index contributed by atoms with van der Waals surface area (Å²) in [5, 5.41) is 16.2. The van der Waals surface area contributed by atoms with Crippen LogP contribution in [0.2, 0.25) is 0 Å². The number of aromatic nitrogens is 3. The summed E-state index contributed by atoms with van der Waals surface area (Å²) in [7, 11) is 0. The average molecular weight is 523 g/mol. The van der Waals surface area contributed by atoms with Crippen LogP contribution in [0.5, 0.6) is 5.75 Å². The molecule has 194 valence electrons. The molecule has 1 heterocycles. The molecule has 6 nitrogen and oxygen atoms in total. The van der Waals surface area contributed by atoms with Crippen molar-refractivity contribution in [2.24, 2.45) is 0 Å². The van der Waals surface area contributed by atoms with Crippen molar-refractivity contribution in [1.82, 2.24) is 9.78 Å². The maximum atomic E-state index is 13.1. The van der Waals surface area contributed by atoms with E-state index in [1.165, 1.54) is 30.8 Å². The van der Waals surface area contributed by atoms with Crippen molar-refractivity contribution in [2.45, 2.75) is 64.2 Å². The number of carbonyl (C=O) groups is 1. The van der Waals surface area contributed by atoms with Gasteiger partial charge in [-0.1, -0.05) is 12.1 Å². The standard InChI is InChI=1S/C26H31F3N3O3S/c1-17-11-20(12-18(2)23(17)35-19(3)33)13-31-15-30-32(16-31)14-25(34,24(4,5)36-6)21-7-9-22(10-8-21)26(27,28)29/h7-12,15-16,34H,13-14H2,1-6H3/q+1. The molecule has 0 saturated carbocycles. The van der Waals surface area contributed by atoms with E-state index in [1.807, 2.05) is 50.7 Å². The summed E-state index contributed by atoms with van der Waals surface area (Å²) in [6.07, 6.45) is 0.773. The Bertz CT molecular complexity index is 1220. The number of alkyl halides is 3. The predicted molar refractivity (Wildman–Crippen MR) is 132 cm³/mol. The summed E-state index contributed by atoms with van der Waals surface area (Å²) in [6, 6.07) is 8.51. The Morgan fingerprint density at radius 1 is 1.11 bits per heavy atom. The van der Waals surface area contributed by atoms with E-state index >= 15 is 0 Å². The second kappa shape index (κ2) is 10.3. The minimum Gasteiger partial charge on any atom is -0.426 e. The number of ether oxygens (including phenoxy) is 1. The lowest BCUT2D eigenvalue weighted by Gasteiger charge is -2.40. The number of aryl methyl sites for hydroxylation is 2. The van der Waals surface area contributed by atoms with E-state index in [-0.39, 0.29) is 12.5 Å². The van der Waals surface area contributed by atoms with E-state index in [2.05, 4.69) is 5.10 Å². The molecule has 2 aromatic carbocycles. The van der Waals surface area contributed by atoms with Crippen LogP contribution in [0.4, 0.5) is 13.2 Å². The van der Waals surface area contributed by atoms with Crippen LogP contribution in [0.1, 0.15) is 48.6 Å². The van der Waals surface area contributed by atoms with Gasteiger partial charge in [-0.15, -0.1) is 4.68 Å². The number of hydrogen-bond acceptors (Lipinski definition) is 5. The van der Waals surface area contributed by atoms with Crippen LogP contribution in [0.25, 0.3) is 0 Å². The highest BCUT2D eigenvalue weighted by molar-refractivity contribution is 8.00. The number of esters is 1. The summed E-state index contributed by atoms with van der Waals surface area (Å²) in [6.45, 7) is 9.35. The van der Waals surface area contributed by atoms with Crippen molar-refractivity contribution in [3.8, 4) is 5.75 Å². The van der Waals surface area contributed by atoms with Crippen molar-refractivity contribution in [2.75, 3.05) is 6.26 Å². The van der Waals surface area contributed by atoms with Crippen LogP contribution >= 0.6 is 11.8 Å². The highest BCUT2D eigenvalue weighted by Crippen LogP contribution is 2.43. The third-order valence-electron chi connectivity index (χ3n) is 6.35. The summed E-state index contributed by atoms with van der Waals surface area (Å²) in [5.41, 5.74) is 0.771. The molecule has 0 fully saturated rings. The molecule has 1 N–H and O–H groups in total. The summed E-state index contributed by atoms with van der Waals surface area (Å²) < 4.78 is 47.2. The predicted octanol–water partition coefficient (Wildman–Crippen LogP) is 4.81. The van der Waals surface area contributed by atoms with Crippen molar-refractivity contribution >= 4 is 17.7 Å². The van der Waals surface area contributed by atoms with Crippen molar-refractivity contribution < 1.29 is 32.4 Å². The molecule has 3 aromatic rings. The maximum absolute atomic E-state index is 13.1. The fraction of sp³-hybridized carbons (Fsp3) is 0.423. The van der Waals surface area contributed by atoms with Gasteiger partial charge in [0.15, 0.2) is 0 Å². The van der Waals surface area contributed by atoms with Gasteiger partial charge in [-0.05, 0) is 80.5 Å². The summed E-state index contributed by atoms with van der Waals surface area (Å²) >= 11 is 1.42. The molecule has 1 aromatic heterocycles. The number of aliphatic hydroxyl groups is 1. The van der Waals surface area contributed by atoms with E-state index < -0.39 is 22.1 Å². The Kier molecular flexibility index (Phi) is 7.90. The minimum absolute atomic E-state index is 0.0443. The fourth-order valence-electron chi connectivity index (χ4n) is 4.14. The molecule has 0 aliphatic rings. The first-order valence-electron chi connectivity index (χ1n) is 11.3. The summed E-state index contributed by atoms with van der Waals surface area (Å²) in [4.78, 5) is 11.4. The van der Waals surface area contributed by atoms with Gasteiger partial charge in [-0.2, -0.15) is 24.9 Å². The number of rotatable bonds is 8. The van der Waals surface area contributed by atoms with Crippen molar-refractivity contribution in [3.05, 3.63) is 76.9 Å². The van der Waals surface area contributed by atoms with Gasteiger partial charge in [0, 0.05) is 16.8 Å². The molecular formula is C26H31F3N3O3S+. The molecule has 0 aliphatic heterocycles. The monoisotopic (exact) mass is 522 g/mol. The SMILES string of the molecule is CSC(C)(C)C(O)(Cn1c[n+](Cc2cc(C)c(OC(C)=O)c(C)c2)cn1)c1ccc(C(F)(F)F)cc1. The van der Waals surface area contributed by atoms with Crippen LogP contribution in [0.15, 0.2) is 49.1 Å². The van der Waals surface area contributed by atoms with Gasteiger partial charge in [0.05, 0.1) is 12.1 Å². The number of thioether (sulfide) groups is 1. The first-order chi connectivity index (χ1) is 16.7. The Morgan fingerprint density at radius 2 is 1.67 bits per heavy atom. The Morgan fingerprint density at radius 3 is 2.17 bits per heavy atom. The number of nitrogens with zero attached hydrogens (tertiary/aromatic N) is 3. The second-order valence-corrected chi connectivity index (χ2v) is 10.8. The van der Waals surface area contributed by atoms with Gasteiger partial charge in [0.1, 0.15) is 17.9 Å². The van der Waals surface area contributed by atoms with Gasteiger partial charge >= 0.3 is 12.1 Å². The van der Waals surface area contributed by atoms with Crippen LogP contribution in [0.3, 0.4) is 0 Å². The molecule has 0 amide bonds. The number of benzene rings is 2. The maximum Gasteiger partial charge on any atom is 0.416 e. The van der Waals surface area contributed by atoms with Gasteiger partial charge in [-0.25, -0.2) is 4.57 Å². The first kappa shape index (κ1) is 27.7. The zero-order valence-electron chi connectivity index (χ0n) is 21.2. The zero-order valence-corrected chi connectivity index (χ0v) is 22.0. The van der Waals surface area contributed by atoms with Gasteiger partial charge in [0.25, 0.3) is 6.33 Å². The van der Waals surface area contributed by atoms with Gasteiger partial charge < -0.3 is 9.84 Å². The highest BCUT2D eigenvalue weighted by Gasteiger charge is 2.47. The van der Waals surface area contributed by atoms with Crippen LogP contribution in [-0.4, -0.2) is 31.9 Å². The second-order valence-electron chi connectivity index (χ2n) is 9.42. The fourth-order valence-corrected chi connectivity index (χ4v) is 4.66. The minimum atomic E-state index is -4.45. The van der Waals surface area contributed by atoms with Gasteiger partial charge in [0.2, 0.25) is 6.33 Å². The molecule has 0 aliphatic carbocycles. The lowest BCUT2D eigenvalue weighted by atomic mass is 9.82. The van der Waals surface area contributed by atoms with Crippen LogP contribution in [-0.2, 0) is 29.7 Å². The van der Waals surface area contributed by atoms with Crippen LogP contribution < -0.4 is 9.30 Å². The Balaban J connectivity index is 1.87. The molecule has 1 atom stereocenters. The topological polar surface area (TPSA) is 68.2 Å². The number of halogens is 3. The molecular weight excluding hydrogens is 491 g/mol. The summed E-state index contributed by atoms with van der Waals surface area (Å²) in [5.74, 6) is 0.172. The highest BCUT2D eigenvalue weighted by atomic mass is 32.2. The quantitative estimate of drug-likeness (QED) is 0.261. The molecule has 3 rings (SSSR count). The van der Waals surface area contributed by atoms with E-state index in [9.17, 15) is 23.1 Å². The third kappa shape index (κ3) is 5.92. The van der Waals surface area contributed by atoms with Crippen molar-refractivity contribution in [1.29, 1.82) is 0 Å². The smallest absolute Gasteiger partial charge is 0.416 e. The lowest BCUT2D eigenvalue weighted by molar-refractivity contribution is -0.689. The van der Waals surface area contributed by atoms with E-state index in [4.69, 9.17) is 4.74 Å². The molecule has 0 spiro atoms.